The third kappa shape index (κ3) is 4.16. The van der Waals surface area contributed by atoms with E-state index in [1.54, 1.807) is 11.3 Å². The van der Waals surface area contributed by atoms with Gasteiger partial charge in [0.2, 0.25) is 0 Å². The van der Waals surface area contributed by atoms with Crippen LogP contribution in [0.4, 0.5) is 5.69 Å². The third-order valence-corrected chi connectivity index (χ3v) is 7.09. The van der Waals surface area contributed by atoms with Gasteiger partial charge in [-0.15, -0.1) is 11.3 Å². The van der Waals surface area contributed by atoms with Crippen LogP contribution in [0.1, 0.15) is 26.2 Å². The molecule has 0 saturated carbocycles. The summed E-state index contributed by atoms with van der Waals surface area (Å²) in [7, 11) is 0. The molecule has 0 amide bonds. The van der Waals surface area contributed by atoms with Gasteiger partial charge in [-0.1, -0.05) is 26.0 Å². The second kappa shape index (κ2) is 9.39. The van der Waals surface area contributed by atoms with Crippen LogP contribution in [0.15, 0.2) is 78.8 Å². The smallest absolute Gasteiger partial charge is 0.135 e. The van der Waals surface area contributed by atoms with E-state index in [-0.39, 0.29) is 0 Å². The summed E-state index contributed by atoms with van der Waals surface area (Å²) in [6.07, 6.45) is 10.6. The third-order valence-electron chi connectivity index (χ3n) is 6.18. The number of nitrogens with zero attached hydrogens (tertiary/aromatic N) is 4. The first-order chi connectivity index (χ1) is 17.7. The van der Waals surface area contributed by atoms with Crippen molar-refractivity contribution in [2.45, 2.75) is 26.2 Å². The van der Waals surface area contributed by atoms with Gasteiger partial charge in [-0.2, -0.15) is 5.10 Å². The zero-order chi connectivity index (χ0) is 24.5. The number of unbranched alkanes of at least 4 members (excludes halogenated alkanes) is 1. The number of H-pyrrole nitrogens is 2. The predicted molar refractivity (Wildman–Crippen MR) is 148 cm³/mol. The summed E-state index contributed by atoms with van der Waals surface area (Å²) in [5.41, 5.74) is 9.08. The number of allylic oxidation sites excluding steroid dienone is 1. The van der Waals surface area contributed by atoms with Gasteiger partial charge in [-0.25, -0.2) is 4.98 Å². The SMILES string of the molecule is C=C(CCCC)Nc1cncc(-c2ccc3[nH]nc(-c4cc5c(-c6cccs6)cncc5[nH]4)c3n2)c1. The van der Waals surface area contributed by atoms with E-state index < -0.39 is 0 Å². The molecule has 0 radical (unpaired) electrons. The fourth-order valence-electron chi connectivity index (χ4n) is 4.36. The number of anilines is 1. The van der Waals surface area contributed by atoms with E-state index in [0.717, 1.165) is 80.8 Å². The minimum atomic E-state index is 0.773. The fraction of sp³-hybridized carbons (Fsp3) is 0.143. The summed E-state index contributed by atoms with van der Waals surface area (Å²) >= 11 is 1.70. The molecule has 0 aliphatic heterocycles. The minimum absolute atomic E-state index is 0.773. The highest BCUT2D eigenvalue weighted by molar-refractivity contribution is 7.13. The maximum Gasteiger partial charge on any atom is 0.135 e. The van der Waals surface area contributed by atoms with Gasteiger partial charge < -0.3 is 10.3 Å². The molecule has 178 valence electrons. The number of rotatable bonds is 8. The number of fused-ring (bicyclic) bond motifs is 2. The Morgan fingerprint density at radius 1 is 1.06 bits per heavy atom. The maximum absolute atomic E-state index is 4.98. The van der Waals surface area contributed by atoms with Crippen molar-refractivity contribution < 1.29 is 0 Å². The lowest BCUT2D eigenvalue weighted by Crippen LogP contribution is -1.99. The highest BCUT2D eigenvalue weighted by Gasteiger charge is 2.16. The van der Waals surface area contributed by atoms with Crippen LogP contribution in [0.5, 0.6) is 0 Å². The van der Waals surface area contributed by atoms with Gasteiger partial charge in [0.1, 0.15) is 11.2 Å². The number of aromatic nitrogens is 6. The minimum Gasteiger partial charge on any atom is -0.358 e. The predicted octanol–water partition coefficient (Wildman–Crippen LogP) is 7.41. The number of hydrogen-bond donors (Lipinski definition) is 3. The Bertz CT molecular complexity index is 1680. The first-order valence-electron chi connectivity index (χ1n) is 12.0. The van der Waals surface area contributed by atoms with Crippen molar-refractivity contribution in [3.63, 3.8) is 0 Å². The van der Waals surface area contributed by atoms with Crippen LogP contribution in [0.2, 0.25) is 0 Å². The Labute approximate surface area is 212 Å². The van der Waals surface area contributed by atoms with Crippen molar-refractivity contribution in [1.29, 1.82) is 0 Å². The molecule has 0 aliphatic carbocycles. The second-order valence-electron chi connectivity index (χ2n) is 8.77. The molecule has 0 aliphatic rings. The van der Waals surface area contributed by atoms with Crippen molar-refractivity contribution in [2.24, 2.45) is 0 Å². The molecule has 6 aromatic heterocycles. The summed E-state index contributed by atoms with van der Waals surface area (Å²) in [6.45, 7) is 6.31. The molecule has 7 nitrogen and oxygen atoms in total. The number of pyridine rings is 3. The molecular weight excluding hydrogens is 466 g/mol. The summed E-state index contributed by atoms with van der Waals surface area (Å²) in [6, 6.07) is 12.3. The Hall–Kier alpha value is -4.30. The molecule has 8 heteroatoms. The van der Waals surface area contributed by atoms with E-state index in [1.807, 2.05) is 36.9 Å². The molecule has 0 spiro atoms. The van der Waals surface area contributed by atoms with Crippen LogP contribution in [0, 0.1) is 0 Å². The van der Waals surface area contributed by atoms with Gasteiger partial charge in [0.25, 0.3) is 0 Å². The molecule has 6 rings (SSSR count). The van der Waals surface area contributed by atoms with Crippen molar-refractivity contribution in [2.75, 3.05) is 5.32 Å². The van der Waals surface area contributed by atoms with Gasteiger partial charge in [0.05, 0.1) is 40.5 Å². The normalized spacial score (nSPS) is 11.4. The molecule has 6 heterocycles. The molecule has 0 saturated heterocycles. The van der Waals surface area contributed by atoms with E-state index in [2.05, 4.69) is 73.6 Å². The van der Waals surface area contributed by atoms with Crippen molar-refractivity contribution in [3.8, 4) is 33.1 Å². The van der Waals surface area contributed by atoms with E-state index in [9.17, 15) is 0 Å². The van der Waals surface area contributed by atoms with Crippen molar-refractivity contribution in [3.05, 3.63) is 78.8 Å². The van der Waals surface area contributed by atoms with Gasteiger partial charge in [0.15, 0.2) is 0 Å². The van der Waals surface area contributed by atoms with Gasteiger partial charge in [-0.05, 0) is 48.6 Å². The summed E-state index contributed by atoms with van der Waals surface area (Å²) < 4.78 is 0. The molecule has 0 unspecified atom stereocenters. The quantitative estimate of drug-likeness (QED) is 0.206. The van der Waals surface area contributed by atoms with Crippen LogP contribution < -0.4 is 5.32 Å². The standard InChI is InChI=1S/C28H25N7S/c1-3-4-6-17(2)31-19-11-18(13-29-14-19)22-8-9-23-27(33-22)28(35-34-23)24-12-20-21(26-7-5-10-36-26)15-30-16-25(20)32-24/h5,7-16,31-32H,2-4,6H2,1H3,(H,34,35). The molecule has 0 fully saturated rings. The number of aromatic amines is 2. The summed E-state index contributed by atoms with van der Waals surface area (Å²) in [4.78, 5) is 18.5. The molecule has 3 N–H and O–H groups in total. The zero-order valence-electron chi connectivity index (χ0n) is 19.9. The van der Waals surface area contributed by atoms with Gasteiger partial charge in [-0.3, -0.25) is 15.1 Å². The van der Waals surface area contributed by atoms with Crippen LogP contribution in [0.25, 0.3) is 55.0 Å². The number of nitrogens with one attached hydrogen (secondary N) is 3. The lowest BCUT2D eigenvalue weighted by molar-refractivity contribution is 0.791. The number of thiophene rings is 1. The molecule has 0 bridgehead atoms. The highest BCUT2D eigenvalue weighted by Crippen LogP contribution is 2.35. The second-order valence-corrected chi connectivity index (χ2v) is 9.72. The Morgan fingerprint density at radius 3 is 2.83 bits per heavy atom. The fourth-order valence-corrected chi connectivity index (χ4v) is 5.11. The van der Waals surface area contributed by atoms with Gasteiger partial charge >= 0.3 is 0 Å². The largest absolute Gasteiger partial charge is 0.358 e. The van der Waals surface area contributed by atoms with E-state index in [0.29, 0.717) is 0 Å². The molecule has 6 aromatic rings. The average molecular weight is 492 g/mol. The van der Waals surface area contributed by atoms with E-state index in [1.165, 1.54) is 4.88 Å². The van der Waals surface area contributed by atoms with Crippen LogP contribution in [-0.2, 0) is 0 Å². The van der Waals surface area contributed by atoms with Crippen LogP contribution >= 0.6 is 11.3 Å². The van der Waals surface area contributed by atoms with Crippen LogP contribution in [-0.4, -0.2) is 30.1 Å². The monoisotopic (exact) mass is 491 g/mol. The van der Waals surface area contributed by atoms with Crippen molar-refractivity contribution in [1.82, 2.24) is 30.1 Å². The molecule has 0 atom stereocenters. The average Bonchev–Trinajstić information content (AvgIpc) is 3.66. The number of hydrogen-bond acceptors (Lipinski definition) is 6. The lowest BCUT2D eigenvalue weighted by atomic mass is 10.1. The maximum atomic E-state index is 4.98. The molecule has 0 aromatic carbocycles. The summed E-state index contributed by atoms with van der Waals surface area (Å²) in [5, 5.41) is 14.3. The van der Waals surface area contributed by atoms with Crippen molar-refractivity contribution >= 4 is 39.0 Å². The Kier molecular flexibility index (Phi) is 5.79. The topological polar surface area (TPSA) is 95.2 Å². The first kappa shape index (κ1) is 22.2. The Morgan fingerprint density at radius 2 is 1.97 bits per heavy atom. The lowest BCUT2D eigenvalue weighted by Gasteiger charge is -2.10. The Balaban J connectivity index is 1.37. The highest BCUT2D eigenvalue weighted by atomic mass is 32.1. The van der Waals surface area contributed by atoms with E-state index >= 15 is 0 Å². The molecule has 36 heavy (non-hydrogen) atoms. The first-order valence-corrected chi connectivity index (χ1v) is 12.8. The summed E-state index contributed by atoms with van der Waals surface area (Å²) in [5.74, 6) is 0. The van der Waals surface area contributed by atoms with Crippen LogP contribution in [0.3, 0.4) is 0 Å². The van der Waals surface area contributed by atoms with Gasteiger partial charge in [0, 0.05) is 39.5 Å². The van der Waals surface area contributed by atoms with E-state index in [4.69, 9.17) is 4.98 Å². The molecular formula is C28H25N7S. The zero-order valence-corrected chi connectivity index (χ0v) is 20.7.